The Balaban J connectivity index is 1.52. The van der Waals surface area contributed by atoms with Gasteiger partial charge in [0, 0.05) is 40.4 Å². The third kappa shape index (κ3) is 4.64. The number of rotatable bonds is 7. The van der Waals surface area contributed by atoms with Crippen molar-refractivity contribution in [2.75, 3.05) is 14.2 Å². The molecule has 4 aromatic rings. The number of methoxy groups -OCH3 is 1. The van der Waals surface area contributed by atoms with Crippen molar-refractivity contribution in [2.24, 2.45) is 0 Å². The number of thiophene rings is 2. The van der Waals surface area contributed by atoms with Crippen LogP contribution in [0.4, 0.5) is 5.69 Å². The quantitative estimate of drug-likeness (QED) is 0.311. The number of nitro benzene ring substituents is 1. The van der Waals surface area contributed by atoms with Gasteiger partial charge in [-0.1, -0.05) is 6.07 Å². The first-order chi connectivity index (χ1) is 15.8. The van der Waals surface area contributed by atoms with Gasteiger partial charge in [-0.05, 0) is 30.7 Å². The maximum Gasteiger partial charge on any atom is 0.311 e. The lowest BCUT2D eigenvalue weighted by atomic mass is 10.1. The smallest absolute Gasteiger partial charge is 0.311 e. The Morgan fingerprint density at radius 1 is 1.30 bits per heavy atom. The summed E-state index contributed by atoms with van der Waals surface area (Å²) >= 11 is 2.98. The molecular weight excluding hydrogens is 464 g/mol. The minimum atomic E-state index is -0.527. The van der Waals surface area contributed by atoms with Crippen LogP contribution in [0.3, 0.4) is 0 Å². The number of hydrogen-bond acceptors (Lipinski definition) is 8. The number of likely N-dealkylation sites (N-methyl/N-ethyl adjacent to an activating group) is 1. The van der Waals surface area contributed by atoms with E-state index in [0.29, 0.717) is 15.8 Å². The molecule has 33 heavy (non-hydrogen) atoms. The molecule has 0 saturated heterocycles. The second-order valence-corrected chi connectivity index (χ2v) is 9.59. The molecule has 1 N–H and O–H groups in total. The van der Waals surface area contributed by atoms with Crippen LogP contribution in [0.2, 0.25) is 0 Å². The number of ether oxygens (including phenoxy) is 1. The number of aromatic nitrogens is 2. The van der Waals surface area contributed by atoms with Gasteiger partial charge in [-0.3, -0.25) is 19.7 Å². The highest BCUT2D eigenvalue weighted by Gasteiger charge is 2.19. The van der Waals surface area contributed by atoms with Gasteiger partial charge < -0.3 is 14.6 Å². The van der Waals surface area contributed by atoms with Gasteiger partial charge in [0.05, 0.1) is 23.8 Å². The number of carbonyl (C=O) groups is 1. The molecule has 0 atom stereocenters. The number of nitrogens with one attached hydrogen (secondary N) is 1. The van der Waals surface area contributed by atoms with E-state index in [4.69, 9.17) is 4.74 Å². The summed E-state index contributed by atoms with van der Waals surface area (Å²) in [6.45, 7) is 2.17. The summed E-state index contributed by atoms with van der Waals surface area (Å²) in [6.07, 6.45) is -0.0920. The van der Waals surface area contributed by atoms with Crippen molar-refractivity contribution in [1.82, 2.24) is 14.9 Å². The van der Waals surface area contributed by atoms with Crippen molar-refractivity contribution >= 4 is 44.5 Å². The standard InChI is InChI=1S/C22H20N4O5S2/c1-12-4-7-17(33-12)14-11-32-22-20(14)21(28)23-18(24-22)9-19(27)25(2)10-13-5-6-16(31-3)15(8-13)26(29)30/h4-8,11H,9-10H2,1-3H3,(H,23,24,28). The van der Waals surface area contributed by atoms with Crippen molar-refractivity contribution in [3.8, 4) is 16.2 Å². The summed E-state index contributed by atoms with van der Waals surface area (Å²) in [6, 6.07) is 8.54. The number of hydrogen-bond donors (Lipinski definition) is 1. The Morgan fingerprint density at radius 3 is 2.76 bits per heavy atom. The topological polar surface area (TPSA) is 118 Å². The molecule has 1 aromatic carbocycles. The molecule has 0 radical (unpaired) electrons. The minimum absolute atomic E-state index is 0.0920. The molecule has 0 spiro atoms. The Morgan fingerprint density at radius 2 is 2.09 bits per heavy atom. The molecule has 4 rings (SSSR count). The molecule has 11 heteroatoms. The van der Waals surface area contributed by atoms with Crippen LogP contribution in [-0.4, -0.2) is 39.9 Å². The molecule has 0 aliphatic rings. The third-order valence-corrected chi connectivity index (χ3v) is 7.01. The highest BCUT2D eigenvalue weighted by molar-refractivity contribution is 7.19. The van der Waals surface area contributed by atoms with Gasteiger partial charge in [0.2, 0.25) is 5.91 Å². The number of aryl methyl sites for hydroxylation is 1. The van der Waals surface area contributed by atoms with Gasteiger partial charge in [0.1, 0.15) is 10.7 Å². The Bertz CT molecular complexity index is 1420. The predicted octanol–water partition coefficient (Wildman–Crippen LogP) is 4.14. The molecule has 0 unspecified atom stereocenters. The van der Waals surface area contributed by atoms with Gasteiger partial charge in [0.15, 0.2) is 5.75 Å². The van der Waals surface area contributed by atoms with E-state index in [1.165, 1.54) is 35.5 Å². The molecule has 3 heterocycles. The summed E-state index contributed by atoms with van der Waals surface area (Å²) in [4.78, 5) is 47.6. The monoisotopic (exact) mass is 484 g/mol. The van der Waals surface area contributed by atoms with Crippen LogP contribution < -0.4 is 10.3 Å². The van der Waals surface area contributed by atoms with Crippen LogP contribution in [0.25, 0.3) is 20.7 Å². The zero-order chi connectivity index (χ0) is 23.7. The number of fused-ring (bicyclic) bond motifs is 1. The van der Waals surface area contributed by atoms with Crippen molar-refractivity contribution in [2.45, 2.75) is 19.9 Å². The molecular formula is C22H20N4O5S2. The molecule has 170 valence electrons. The lowest BCUT2D eigenvalue weighted by Crippen LogP contribution is -2.29. The molecule has 0 aliphatic carbocycles. The fourth-order valence-corrected chi connectivity index (χ4v) is 5.38. The van der Waals surface area contributed by atoms with Crippen molar-refractivity contribution in [3.05, 3.63) is 72.4 Å². The lowest BCUT2D eigenvalue weighted by Gasteiger charge is -2.17. The maximum atomic E-state index is 12.8. The number of carbonyl (C=O) groups excluding carboxylic acids is 1. The van der Waals surface area contributed by atoms with Crippen LogP contribution in [-0.2, 0) is 17.8 Å². The van der Waals surface area contributed by atoms with Crippen LogP contribution in [0.15, 0.2) is 40.5 Å². The van der Waals surface area contributed by atoms with Gasteiger partial charge in [-0.2, -0.15) is 0 Å². The fourth-order valence-electron chi connectivity index (χ4n) is 3.45. The highest BCUT2D eigenvalue weighted by Crippen LogP contribution is 2.35. The lowest BCUT2D eigenvalue weighted by molar-refractivity contribution is -0.385. The summed E-state index contributed by atoms with van der Waals surface area (Å²) in [5.41, 5.74) is 0.989. The van der Waals surface area contributed by atoms with Gasteiger partial charge >= 0.3 is 5.69 Å². The van der Waals surface area contributed by atoms with E-state index in [2.05, 4.69) is 9.97 Å². The van der Waals surface area contributed by atoms with Crippen LogP contribution >= 0.6 is 22.7 Å². The number of aromatic amines is 1. The third-order valence-electron chi connectivity index (χ3n) is 5.10. The molecule has 9 nitrogen and oxygen atoms in total. The fraction of sp³-hybridized carbons (Fsp3) is 0.227. The number of nitrogens with zero attached hydrogens (tertiary/aromatic N) is 3. The van der Waals surface area contributed by atoms with Crippen LogP contribution in [0.1, 0.15) is 16.3 Å². The Hall–Kier alpha value is -3.57. The van der Waals surface area contributed by atoms with Crippen molar-refractivity contribution < 1.29 is 14.5 Å². The first-order valence-corrected chi connectivity index (χ1v) is 11.6. The molecule has 0 saturated carbocycles. The van der Waals surface area contributed by atoms with E-state index in [-0.39, 0.29) is 41.7 Å². The summed E-state index contributed by atoms with van der Waals surface area (Å²) < 4.78 is 5.01. The normalized spacial score (nSPS) is 11.0. The van der Waals surface area contributed by atoms with Crippen LogP contribution in [0.5, 0.6) is 5.75 Å². The van der Waals surface area contributed by atoms with E-state index < -0.39 is 4.92 Å². The van der Waals surface area contributed by atoms with E-state index in [1.807, 2.05) is 24.4 Å². The summed E-state index contributed by atoms with van der Waals surface area (Å²) in [5, 5.41) is 13.7. The molecule has 3 aromatic heterocycles. The number of H-pyrrole nitrogens is 1. The highest BCUT2D eigenvalue weighted by atomic mass is 32.1. The number of benzene rings is 1. The summed E-state index contributed by atoms with van der Waals surface area (Å²) in [7, 11) is 2.96. The van der Waals surface area contributed by atoms with Crippen LogP contribution in [0, 0.1) is 17.0 Å². The zero-order valence-corrected chi connectivity index (χ0v) is 19.7. The molecule has 0 bridgehead atoms. The van der Waals surface area contributed by atoms with E-state index in [0.717, 1.165) is 15.3 Å². The number of amides is 1. The molecule has 1 amide bonds. The number of nitro groups is 1. The SMILES string of the molecule is COc1ccc(CN(C)C(=O)Cc2nc3scc(-c4ccc(C)s4)c3c(=O)[nH]2)cc1[N+](=O)[O-]. The van der Waals surface area contributed by atoms with Crippen molar-refractivity contribution in [1.29, 1.82) is 0 Å². The largest absolute Gasteiger partial charge is 0.490 e. The Labute approximate surface area is 196 Å². The van der Waals surface area contributed by atoms with Gasteiger partial charge in [0.25, 0.3) is 5.56 Å². The predicted molar refractivity (Wildman–Crippen MR) is 128 cm³/mol. The van der Waals surface area contributed by atoms with E-state index >= 15 is 0 Å². The average Bonchev–Trinajstić information content (AvgIpc) is 3.39. The zero-order valence-electron chi connectivity index (χ0n) is 18.1. The summed E-state index contributed by atoms with van der Waals surface area (Å²) in [5.74, 6) is 0.156. The first kappa shape index (κ1) is 22.6. The molecule has 0 fully saturated rings. The van der Waals surface area contributed by atoms with Crippen molar-refractivity contribution in [3.63, 3.8) is 0 Å². The first-order valence-electron chi connectivity index (χ1n) is 9.89. The average molecular weight is 485 g/mol. The second-order valence-electron chi connectivity index (χ2n) is 7.44. The Kier molecular flexibility index (Phi) is 6.25. The van der Waals surface area contributed by atoms with E-state index in [1.54, 1.807) is 24.5 Å². The minimum Gasteiger partial charge on any atom is -0.490 e. The van der Waals surface area contributed by atoms with E-state index in [9.17, 15) is 19.7 Å². The molecule has 0 aliphatic heterocycles. The second kappa shape index (κ2) is 9.12. The van der Waals surface area contributed by atoms with Gasteiger partial charge in [-0.15, -0.1) is 22.7 Å². The maximum absolute atomic E-state index is 12.8. The van der Waals surface area contributed by atoms with Gasteiger partial charge in [-0.25, -0.2) is 4.98 Å².